The van der Waals surface area contributed by atoms with Gasteiger partial charge in [-0.2, -0.15) is 0 Å². The van der Waals surface area contributed by atoms with E-state index < -0.39 is 0 Å². The maximum Gasteiger partial charge on any atom is 0.230 e. The van der Waals surface area contributed by atoms with E-state index >= 15 is 0 Å². The Balaban J connectivity index is 2.03. The molecular weight excluding hydrogens is 300 g/mol. The summed E-state index contributed by atoms with van der Waals surface area (Å²) in [6, 6.07) is 9.70. The summed E-state index contributed by atoms with van der Waals surface area (Å²) in [5, 5.41) is 0. The normalized spacial score (nSPS) is 15.9. The van der Waals surface area contributed by atoms with Crippen molar-refractivity contribution in [2.24, 2.45) is 11.3 Å². The van der Waals surface area contributed by atoms with Crippen molar-refractivity contribution in [2.45, 2.75) is 33.6 Å². The summed E-state index contributed by atoms with van der Waals surface area (Å²) in [7, 11) is 0. The van der Waals surface area contributed by atoms with Gasteiger partial charge in [0.15, 0.2) is 0 Å². The minimum Gasteiger partial charge on any atom is -0.342 e. The standard InChI is InChI=1S/C20H28N2O2/c1-5-13-22(17-9-7-6-8-10-17)18(23)16-11-14-21(15-12-16)19(24)20(2,3)4/h5-10,16H,1,11-15H2,2-4H3. The fraction of sp³-hybridized carbons (Fsp3) is 0.500. The van der Waals surface area contributed by atoms with E-state index in [4.69, 9.17) is 0 Å². The molecule has 1 heterocycles. The fourth-order valence-corrected chi connectivity index (χ4v) is 3.08. The van der Waals surface area contributed by atoms with Crippen LogP contribution in [0.2, 0.25) is 0 Å². The second-order valence-electron chi connectivity index (χ2n) is 7.39. The summed E-state index contributed by atoms with van der Waals surface area (Å²) in [4.78, 5) is 29.0. The monoisotopic (exact) mass is 328 g/mol. The van der Waals surface area contributed by atoms with Gasteiger partial charge in [0, 0.05) is 36.7 Å². The molecule has 0 radical (unpaired) electrons. The van der Waals surface area contributed by atoms with Crippen molar-refractivity contribution in [1.29, 1.82) is 0 Å². The largest absolute Gasteiger partial charge is 0.342 e. The van der Waals surface area contributed by atoms with Crippen LogP contribution in [0.1, 0.15) is 33.6 Å². The number of hydrogen-bond donors (Lipinski definition) is 0. The van der Waals surface area contributed by atoms with Crippen molar-refractivity contribution in [1.82, 2.24) is 4.90 Å². The molecule has 0 aliphatic carbocycles. The van der Waals surface area contributed by atoms with Crippen LogP contribution < -0.4 is 4.90 Å². The molecule has 0 N–H and O–H groups in total. The van der Waals surface area contributed by atoms with E-state index in [1.54, 1.807) is 11.0 Å². The molecule has 130 valence electrons. The van der Waals surface area contributed by atoms with Gasteiger partial charge < -0.3 is 9.80 Å². The highest BCUT2D eigenvalue weighted by atomic mass is 16.2. The second-order valence-corrected chi connectivity index (χ2v) is 7.39. The minimum absolute atomic E-state index is 0.0332. The SMILES string of the molecule is C=CCN(C(=O)C1CCN(C(=O)C(C)(C)C)CC1)c1ccccc1. The Morgan fingerprint density at radius 2 is 1.79 bits per heavy atom. The Kier molecular flexibility index (Phi) is 5.81. The van der Waals surface area contributed by atoms with Crippen LogP contribution in [0.15, 0.2) is 43.0 Å². The smallest absolute Gasteiger partial charge is 0.230 e. The van der Waals surface area contributed by atoms with Crippen molar-refractivity contribution < 1.29 is 9.59 Å². The zero-order chi connectivity index (χ0) is 17.7. The van der Waals surface area contributed by atoms with Crippen LogP contribution in [-0.4, -0.2) is 36.3 Å². The minimum atomic E-state index is -0.365. The molecule has 0 saturated carbocycles. The second kappa shape index (κ2) is 7.65. The Hall–Kier alpha value is -2.10. The molecule has 0 unspecified atom stereocenters. The summed E-state index contributed by atoms with van der Waals surface area (Å²) in [6.07, 6.45) is 3.20. The molecule has 1 aliphatic rings. The molecule has 24 heavy (non-hydrogen) atoms. The Morgan fingerprint density at radius 3 is 2.29 bits per heavy atom. The Morgan fingerprint density at radius 1 is 1.21 bits per heavy atom. The molecule has 1 aromatic rings. The molecule has 1 aliphatic heterocycles. The third-order valence-electron chi connectivity index (χ3n) is 4.42. The van der Waals surface area contributed by atoms with Crippen molar-refractivity contribution >= 4 is 17.5 Å². The van der Waals surface area contributed by atoms with Crippen LogP contribution in [-0.2, 0) is 9.59 Å². The van der Waals surface area contributed by atoms with Gasteiger partial charge in [-0.15, -0.1) is 6.58 Å². The Bertz CT molecular complexity index is 581. The number of carbonyl (C=O) groups excluding carboxylic acids is 2. The maximum atomic E-state index is 12.9. The lowest BCUT2D eigenvalue weighted by Gasteiger charge is -2.36. The van der Waals surface area contributed by atoms with Gasteiger partial charge in [0.25, 0.3) is 0 Å². The average molecular weight is 328 g/mol. The molecule has 0 atom stereocenters. The molecule has 1 fully saturated rings. The third-order valence-corrected chi connectivity index (χ3v) is 4.42. The Labute approximate surface area is 145 Å². The van der Waals surface area contributed by atoms with Crippen LogP contribution in [0, 0.1) is 11.3 Å². The van der Waals surface area contributed by atoms with E-state index in [9.17, 15) is 9.59 Å². The first-order chi connectivity index (χ1) is 11.3. The van der Waals surface area contributed by atoms with Crippen LogP contribution >= 0.6 is 0 Å². The maximum absolute atomic E-state index is 12.9. The lowest BCUT2D eigenvalue weighted by Crippen LogP contribution is -2.47. The van der Waals surface area contributed by atoms with Gasteiger partial charge in [-0.3, -0.25) is 9.59 Å². The summed E-state index contributed by atoms with van der Waals surface area (Å²) in [6.45, 7) is 11.4. The number of hydrogen-bond acceptors (Lipinski definition) is 2. The van der Waals surface area contributed by atoms with Gasteiger partial charge in [-0.1, -0.05) is 45.0 Å². The van der Waals surface area contributed by atoms with Crippen molar-refractivity contribution in [2.75, 3.05) is 24.5 Å². The first kappa shape index (κ1) is 18.2. The topological polar surface area (TPSA) is 40.6 Å². The van der Waals surface area contributed by atoms with E-state index in [2.05, 4.69) is 6.58 Å². The van der Waals surface area contributed by atoms with E-state index in [0.29, 0.717) is 19.6 Å². The summed E-state index contributed by atoms with van der Waals surface area (Å²) in [5.74, 6) is 0.262. The van der Waals surface area contributed by atoms with Gasteiger partial charge in [-0.25, -0.2) is 0 Å². The average Bonchev–Trinajstić information content (AvgIpc) is 2.58. The van der Waals surface area contributed by atoms with Gasteiger partial charge in [0.1, 0.15) is 0 Å². The van der Waals surface area contributed by atoms with Gasteiger partial charge >= 0.3 is 0 Å². The van der Waals surface area contributed by atoms with Gasteiger partial charge in [0.05, 0.1) is 0 Å². The molecule has 1 aromatic carbocycles. The molecule has 0 aromatic heterocycles. The first-order valence-electron chi connectivity index (χ1n) is 8.61. The molecule has 4 nitrogen and oxygen atoms in total. The van der Waals surface area contributed by atoms with Gasteiger partial charge in [-0.05, 0) is 25.0 Å². The number of amides is 2. The highest BCUT2D eigenvalue weighted by molar-refractivity contribution is 5.95. The molecular formula is C20H28N2O2. The van der Waals surface area contributed by atoms with Crippen molar-refractivity contribution in [3.63, 3.8) is 0 Å². The lowest BCUT2D eigenvalue weighted by molar-refractivity contribution is -0.142. The molecule has 1 saturated heterocycles. The number of benzene rings is 1. The highest BCUT2D eigenvalue weighted by Crippen LogP contribution is 2.26. The van der Waals surface area contributed by atoms with E-state index in [1.165, 1.54) is 0 Å². The van der Waals surface area contributed by atoms with Crippen molar-refractivity contribution in [3.8, 4) is 0 Å². The summed E-state index contributed by atoms with van der Waals surface area (Å²) < 4.78 is 0. The fourth-order valence-electron chi connectivity index (χ4n) is 3.08. The number of para-hydroxylation sites is 1. The number of carbonyl (C=O) groups is 2. The van der Waals surface area contributed by atoms with Gasteiger partial charge in [0.2, 0.25) is 11.8 Å². The quantitative estimate of drug-likeness (QED) is 0.794. The summed E-state index contributed by atoms with van der Waals surface area (Å²) in [5.41, 5.74) is 0.533. The van der Waals surface area contributed by atoms with Crippen LogP contribution in [0.3, 0.4) is 0 Å². The molecule has 4 heteroatoms. The predicted molar refractivity (Wildman–Crippen MR) is 97.8 cm³/mol. The van der Waals surface area contributed by atoms with Crippen LogP contribution in [0.4, 0.5) is 5.69 Å². The molecule has 2 rings (SSSR count). The number of rotatable bonds is 4. The number of likely N-dealkylation sites (tertiary alicyclic amines) is 1. The molecule has 2 amide bonds. The lowest BCUT2D eigenvalue weighted by atomic mass is 9.90. The van der Waals surface area contributed by atoms with E-state index in [0.717, 1.165) is 18.5 Å². The molecule has 0 spiro atoms. The van der Waals surface area contributed by atoms with E-state index in [1.807, 2.05) is 56.0 Å². The number of piperidine rings is 1. The zero-order valence-corrected chi connectivity index (χ0v) is 15.0. The van der Waals surface area contributed by atoms with Crippen LogP contribution in [0.25, 0.3) is 0 Å². The number of anilines is 1. The van der Waals surface area contributed by atoms with Crippen molar-refractivity contribution in [3.05, 3.63) is 43.0 Å². The third kappa shape index (κ3) is 4.25. The summed E-state index contributed by atoms with van der Waals surface area (Å²) >= 11 is 0. The van der Waals surface area contributed by atoms with Crippen LogP contribution in [0.5, 0.6) is 0 Å². The van der Waals surface area contributed by atoms with E-state index in [-0.39, 0.29) is 23.1 Å². The first-order valence-corrected chi connectivity index (χ1v) is 8.61. The predicted octanol–water partition coefficient (Wildman–Crippen LogP) is 3.49. The highest BCUT2D eigenvalue weighted by Gasteiger charge is 2.33. The number of nitrogens with zero attached hydrogens (tertiary/aromatic N) is 2. The molecule has 0 bridgehead atoms. The zero-order valence-electron chi connectivity index (χ0n) is 15.0.